The van der Waals surface area contributed by atoms with E-state index in [1.165, 1.54) is 6.92 Å². The van der Waals surface area contributed by atoms with Crippen molar-refractivity contribution in [1.82, 2.24) is 0 Å². The third-order valence-electron chi connectivity index (χ3n) is 2.63. The number of hydrogen-bond donors (Lipinski definition) is 2. The zero-order valence-electron chi connectivity index (χ0n) is 16.0. The number of amides is 1. The molecule has 0 saturated heterocycles. The summed E-state index contributed by atoms with van der Waals surface area (Å²) < 4.78 is 4.81. The number of primary amides is 1. The van der Waals surface area contributed by atoms with E-state index in [-0.39, 0.29) is 17.4 Å². The number of nitrogens with two attached hydrogens (primary N) is 1. The minimum atomic E-state index is -0.935. The van der Waals surface area contributed by atoms with Gasteiger partial charge in [-0.05, 0) is 33.1 Å². The standard InChI is InChI=1S/C8H14O2.C7H13NO.C4H6O2/c1-4-5-6-10-8(9)7(2)3;1-3-4-5-6(2)7(8)9;1-3(2)4(5)6/h2,4-6H2,1,3H3;2-5H2,1H3,(H2,8,9);1H2,2H3,(H,5,6). The van der Waals surface area contributed by atoms with Crippen LogP contribution < -0.4 is 5.73 Å². The average Bonchev–Trinajstić information content (AvgIpc) is 2.53. The van der Waals surface area contributed by atoms with Crippen molar-refractivity contribution in [3.05, 3.63) is 36.5 Å². The molecule has 0 aromatic carbocycles. The molecule has 0 radical (unpaired) electrons. The van der Waals surface area contributed by atoms with Crippen molar-refractivity contribution in [2.24, 2.45) is 5.73 Å². The van der Waals surface area contributed by atoms with E-state index in [4.69, 9.17) is 15.6 Å². The van der Waals surface area contributed by atoms with E-state index in [2.05, 4.69) is 33.6 Å². The minimum absolute atomic E-state index is 0.176. The zero-order chi connectivity index (χ0) is 20.4. The van der Waals surface area contributed by atoms with E-state index in [0.29, 0.717) is 17.8 Å². The van der Waals surface area contributed by atoms with Crippen molar-refractivity contribution >= 4 is 17.8 Å². The summed E-state index contributed by atoms with van der Waals surface area (Å²) >= 11 is 0. The van der Waals surface area contributed by atoms with Gasteiger partial charge in [0.05, 0.1) is 6.61 Å². The fourth-order valence-corrected chi connectivity index (χ4v) is 0.946. The Morgan fingerprint density at radius 1 is 0.960 bits per heavy atom. The van der Waals surface area contributed by atoms with Crippen LogP contribution in [0.1, 0.15) is 59.8 Å². The molecule has 6 nitrogen and oxygen atoms in total. The normalized spacial score (nSPS) is 8.64. The first-order valence-corrected chi connectivity index (χ1v) is 8.20. The molecule has 0 aromatic rings. The van der Waals surface area contributed by atoms with Crippen molar-refractivity contribution in [3.8, 4) is 0 Å². The second-order valence-corrected chi connectivity index (χ2v) is 5.43. The lowest BCUT2D eigenvalue weighted by Crippen LogP contribution is -2.12. The molecule has 0 heterocycles. The number of aliphatic carboxylic acids is 1. The number of unbranched alkanes of at least 4 members (excludes halogenated alkanes) is 2. The highest BCUT2D eigenvalue weighted by Gasteiger charge is 2.00. The fraction of sp³-hybridized carbons (Fsp3) is 0.526. The highest BCUT2D eigenvalue weighted by molar-refractivity contribution is 5.91. The molecule has 0 aliphatic heterocycles. The molecule has 0 atom stereocenters. The molecule has 144 valence electrons. The van der Waals surface area contributed by atoms with Crippen LogP contribution in [0.2, 0.25) is 0 Å². The third kappa shape index (κ3) is 24.0. The van der Waals surface area contributed by atoms with Gasteiger partial charge in [0.25, 0.3) is 0 Å². The number of carboxylic acid groups (broad SMARTS) is 1. The molecule has 1 amide bonds. The van der Waals surface area contributed by atoms with Gasteiger partial charge in [0, 0.05) is 16.7 Å². The van der Waals surface area contributed by atoms with Gasteiger partial charge in [0.2, 0.25) is 5.91 Å². The van der Waals surface area contributed by atoms with E-state index in [9.17, 15) is 14.4 Å². The van der Waals surface area contributed by atoms with Crippen LogP contribution in [-0.2, 0) is 19.1 Å². The Hall–Kier alpha value is -2.37. The number of rotatable bonds is 9. The Kier molecular flexibility index (Phi) is 19.8. The number of hydrogen-bond acceptors (Lipinski definition) is 4. The molecular formula is C19H33NO5. The van der Waals surface area contributed by atoms with Crippen LogP contribution in [0.15, 0.2) is 36.5 Å². The van der Waals surface area contributed by atoms with Crippen molar-refractivity contribution in [2.75, 3.05) is 6.61 Å². The first-order valence-electron chi connectivity index (χ1n) is 8.20. The summed E-state index contributed by atoms with van der Waals surface area (Å²) in [4.78, 5) is 30.6. The number of carbonyl (C=O) groups excluding carboxylic acids is 2. The van der Waals surface area contributed by atoms with Crippen LogP contribution in [0.3, 0.4) is 0 Å². The third-order valence-corrected chi connectivity index (χ3v) is 2.63. The SMILES string of the molecule is C=C(C)C(=O)O.C=C(C)C(=O)OCCCC.C=C(CCCC)C(N)=O. The van der Waals surface area contributed by atoms with E-state index in [1.54, 1.807) is 6.92 Å². The predicted molar refractivity (Wildman–Crippen MR) is 101 cm³/mol. The van der Waals surface area contributed by atoms with Crippen molar-refractivity contribution in [3.63, 3.8) is 0 Å². The van der Waals surface area contributed by atoms with Gasteiger partial charge in [-0.15, -0.1) is 0 Å². The quantitative estimate of drug-likeness (QED) is 0.372. The molecule has 25 heavy (non-hydrogen) atoms. The van der Waals surface area contributed by atoms with Crippen LogP contribution in [0.4, 0.5) is 0 Å². The molecule has 0 spiro atoms. The van der Waals surface area contributed by atoms with E-state index < -0.39 is 5.97 Å². The zero-order valence-corrected chi connectivity index (χ0v) is 16.0. The van der Waals surface area contributed by atoms with E-state index in [0.717, 1.165) is 32.1 Å². The second-order valence-electron chi connectivity index (χ2n) is 5.43. The van der Waals surface area contributed by atoms with E-state index >= 15 is 0 Å². The maximum Gasteiger partial charge on any atom is 0.333 e. The van der Waals surface area contributed by atoms with Crippen molar-refractivity contribution in [2.45, 2.75) is 59.8 Å². The highest BCUT2D eigenvalue weighted by atomic mass is 16.5. The highest BCUT2D eigenvalue weighted by Crippen LogP contribution is 2.02. The first kappa shape index (κ1) is 27.5. The Bertz CT molecular complexity index is 454. The summed E-state index contributed by atoms with van der Waals surface area (Å²) in [6, 6.07) is 0. The molecule has 0 saturated carbocycles. The van der Waals surface area contributed by atoms with Gasteiger partial charge in [0.1, 0.15) is 0 Å². The monoisotopic (exact) mass is 355 g/mol. The molecule has 0 bridgehead atoms. The van der Waals surface area contributed by atoms with Crippen molar-refractivity contribution < 1.29 is 24.2 Å². The average molecular weight is 355 g/mol. The summed E-state index contributed by atoms with van der Waals surface area (Å²) in [6.07, 6.45) is 4.79. The van der Waals surface area contributed by atoms with Crippen LogP contribution in [0.25, 0.3) is 0 Å². The lowest BCUT2D eigenvalue weighted by atomic mass is 10.1. The van der Waals surface area contributed by atoms with Gasteiger partial charge in [-0.25, -0.2) is 9.59 Å². The molecule has 0 aromatic heterocycles. The topological polar surface area (TPSA) is 107 Å². The summed E-state index contributed by atoms with van der Waals surface area (Å²) in [7, 11) is 0. The Morgan fingerprint density at radius 3 is 1.68 bits per heavy atom. The number of carboxylic acids is 1. The maximum atomic E-state index is 10.7. The Morgan fingerprint density at radius 2 is 1.40 bits per heavy atom. The summed E-state index contributed by atoms with van der Waals surface area (Å²) in [5, 5.41) is 7.89. The van der Waals surface area contributed by atoms with Gasteiger partial charge in [0.15, 0.2) is 0 Å². The summed E-state index contributed by atoms with van der Waals surface area (Å²) in [5.41, 5.74) is 6.12. The second kappa shape index (κ2) is 18.0. The molecule has 0 unspecified atom stereocenters. The minimum Gasteiger partial charge on any atom is -0.478 e. The molecule has 0 aliphatic carbocycles. The maximum absolute atomic E-state index is 10.7. The molecule has 0 fully saturated rings. The van der Waals surface area contributed by atoms with Crippen LogP contribution >= 0.6 is 0 Å². The van der Waals surface area contributed by atoms with Crippen LogP contribution in [0, 0.1) is 0 Å². The Balaban J connectivity index is -0.000000300. The lowest BCUT2D eigenvalue weighted by molar-refractivity contribution is -0.139. The molecule has 0 rings (SSSR count). The van der Waals surface area contributed by atoms with Gasteiger partial charge >= 0.3 is 11.9 Å². The van der Waals surface area contributed by atoms with Gasteiger partial charge in [-0.1, -0.05) is 46.4 Å². The Labute approximate surface area is 151 Å². The largest absolute Gasteiger partial charge is 0.478 e. The molecule has 6 heteroatoms. The molecule has 3 N–H and O–H groups in total. The number of esters is 1. The molecule has 0 aliphatic rings. The summed E-state index contributed by atoms with van der Waals surface area (Å²) in [5.74, 6) is -1.59. The first-order chi connectivity index (χ1) is 11.5. The fourth-order valence-electron chi connectivity index (χ4n) is 0.946. The predicted octanol–water partition coefficient (Wildman–Crippen LogP) is 3.77. The van der Waals surface area contributed by atoms with Crippen LogP contribution in [0.5, 0.6) is 0 Å². The van der Waals surface area contributed by atoms with Gasteiger partial charge in [-0.2, -0.15) is 0 Å². The number of carbonyl (C=O) groups is 3. The lowest BCUT2D eigenvalue weighted by Gasteiger charge is -2.01. The van der Waals surface area contributed by atoms with Crippen molar-refractivity contribution in [1.29, 1.82) is 0 Å². The smallest absolute Gasteiger partial charge is 0.333 e. The molecular weight excluding hydrogens is 322 g/mol. The van der Waals surface area contributed by atoms with Gasteiger partial charge < -0.3 is 15.6 Å². The van der Waals surface area contributed by atoms with Gasteiger partial charge in [-0.3, -0.25) is 4.79 Å². The summed E-state index contributed by atoms with van der Waals surface area (Å²) in [6.45, 7) is 17.9. The number of ether oxygens (including phenoxy) is 1. The van der Waals surface area contributed by atoms with E-state index in [1.807, 2.05) is 0 Å². The van der Waals surface area contributed by atoms with Crippen LogP contribution in [-0.4, -0.2) is 29.6 Å².